The quantitative estimate of drug-likeness (QED) is 0.888. The fraction of sp³-hybridized carbons (Fsp3) is 0.385. The topological polar surface area (TPSA) is 31.1 Å². The van der Waals surface area contributed by atoms with Gasteiger partial charge in [-0.2, -0.15) is 0 Å². The first-order chi connectivity index (χ1) is 9.16. The summed E-state index contributed by atoms with van der Waals surface area (Å²) in [6, 6.07) is 2.76. The van der Waals surface area contributed by atoms with Crippen molar-refractivity contribution in [2.45, 2.75) is 6.54 Å². The minimum Gasteiger partial charge on any atom is -0.355 e. The van der Waals surface area contributed by atoms with E-state index in [2.05, 4.69) is 15.2 Å². The summed E-state index contributed by atoms with van der Waals surface area (Å²) < 4.78 is 27.7. The zero-order valence-electron chi connectivity index (χ0n) is 10.3. The van der Waals surface area contributed by atoms with Crippen LogP contribution in [0.5, 0.6) is 0 Å². The Morgan fingerprint density at radius 2 is 1.95 bits per heavy atom. The Kier molecular flexibility index (Phi) is 3.43. The number of nitrogens with zero attached hydrogens (tertiary/aromatic N) is 1. The summed E-state index contributed by atoms with van der Waals surface area (Å²) in [4.78, 5) is 5.14. The molecule has 1 aliphatic heterocycles. The normalized spacial score (nSPS) is 17.2. The van der Waals surface area contributed by atoms with Crippen molar-refractivity contribution in [3.63, 3.8) is 0 Å². The van der Waals surface area contributed by atoms with Crippen LogP contribution in [0.2, 0.25) is 5.02 Å². The first-order valence-corrected chi connectivity index (χ1v) is 6.61. The maximum absolute atomic E-state index is 14.3. The van der Waals surface area contributed by atoms with E-state index in [1.807, 2.05) is 0 Å². The summed E-state index contributed by atoms with van der Waals surface area (Å²) in [5, 5.41) is 3.23. The SMILES string of the molecule is Fc1ccc2[nH]c(CN3CCNCC3)c(F)c2c1Cl. The maximum atomic E-state index is 14.3. The van der Waals surface area contributed by atoms with Gasteiger partial charge >= 0.3 is 0 Å². The van der Waals surface area contributed by atoms with E-state index in [0.29, 0.717) is 17.8 Å². The fourth-order valence-corrected chi connectivity index (χ4v) is 2.69. The number of aromatic amines is 1. The van der Waals surface area contributed by atoms with Crippen molar-refractivity contribution >= 4 is 22.5 Å². The number of piperazine rings is 1. The molecule has 2 aromatic rings. The molecule has 2 heterocycles. The number of fused-ring (bicyclic) bond motifs is 1. The van der Waals surface area contributed by atoms with Crippen molar-refractivity contribution in [3.05, 3.63) is 34.5 Å². The highest BCUT2D eigenvalue weighted by atomic mass is 35.5. The van der Waals surface area contributed by atoms with Crippen molar-refractivity contribution in [2.24, 2.45) is 0 Å². The first kappa shape index (κ1) is 12.8. The standard InChI is InChI=1S/C13H14ClF2N3/c14-12-8(15)1-2-9-11(12)13(16)10(18-9)7-19-5-3-17-4-6-19/h1-2,17-18H,3-7H2. The molecule has 0 bridgehead atoms. The first-order valence-electron chi connectivity index (χ1n) is 6.24. The zero-order valence-corrected chi connectivity index (χ0v) is 11.0. The van der Waals surface area contributed by atoms with Gasteiger partial charge in [0.1, 0.15) is 5.82 Å². The second-order valence-corrected chi connectivity index (χ2v) is 5.11. The van der Waals surface area contributed by atoms with E-state index in [4.69, 9.17) is 11.6 Å². The van der Waals surface area contributed by atoms with Crippen LogP contribution in [0.15, 0.2) is 12.1 Å². The van der Waals surface area contributed by atoms with Crippen LogP contribution in [-0.4, -0.2) is 36.1 Å². The van der Waals surface area contributed by atoms with Gasteiger partial charge in [0.25, 0.3) is 0 Å². The van der Waals surface area contributed by atoms with E-state index < -0.39 is 11.6 Å². The Morgan fingerprint density at radius 3 is 2.68 bits per heavy atom. The van der Waals surface area contributed by atoms with Crippen molar-refractivity contribution in [1.29, 1.82) is 0 Å². The Bertz CT molecular complexity index is 605. The number of H-pyrrole nitrogens is 1. The monoisotopic (exact) mass is 285 g/mol. The summed E-state index contributed by atoms with van der Waals surface area (Å²) >= 11 is 5.83. The Morgan fingerprint density at radius 1 is 1.21 bits per heavy atom. The fourth-order valence-electron chi connectivity index (χ4n) is 2.44. The molecule has 1 aromatic carbocycles. The molecule has 2 N–H and O–H groups in total. The van der Waals surface area contributed by atoms with Gasteiger partial charge in [0.05, 0.1) is 21.6 Å². The Hall–Kier alpha value is -1.17. The third-order valence-electron chi connectivity index (χ3n) is 3.46. The minimum absolute atomic E-state index is 0.145. The highest BCUT2D eigenvalue weighted by Crippen LogP contribution is 2.30. The maximum Gasteiger partial charge on any atom is 0.154 e. The molecular formula is C13H14ClF2N3. The largest absolute Gasteiger partial charge is 0.355 e. The van der Waals surface area contributed by atoms with E-state index >= 15 is 0 Å². The molecule has 0 unspecified atom stereocenters. The molecule has 6 heteroatoms. The van der Waals surface area contributed by atoms with Gasteiger partial charge in [0, 0.05) is 32.7 Å². The van der Waals surface area contributed by atoms with E-state index in [1.165, 1.54) is 12.1 Å². The van der Waals surface area contributed by atoms with Crippen molar-refractivity contribution < 1.29 is 8.78 Å². The van der Waals surface area contributed by atoms with Crippen LogP contribution in [0.3, 0.4) is 0 Å². The lowest BCUT2D eigenvalue weighted by atomic mass is 10.2. The number of halogens is 3. The summed E-state index contributed by atoms with van der Waals surface area (Å²) in [6.45, 7) is 4.03. The van der Waals surface area contributed by atoms with Crippen LogP contribution in [0.25, 0.3) is 10.9 Å². The average molecular weight is 286 g/mol. The van der Waals surface area contributed by atoms with Crippen LogP contribution in [0.1, 0.15) is 5.69 Å². The van der Waals surface area contributed by atoms with Crippen molar-refractivity contribution in [1.82, 2.24) is 15.2 Å². The number of rotatable bonds is 2. The molecule has 19 heavy (non-hydrogen) atoms. The molecule has 0 radical (unpaired) electrons. The van der Waals surface area contributed by atoms with Gasteiger partial charge in [0.15, 0.2) is 5.82 Å². The number of aromatic nitrogens is 1. The molecule has 1 aromatic heterocycles. The van der Waals surface area contributed by atoms with Crippen molar-refractivity contribution in [2.75, 3.05) is 26.2 Å². The van der Waals surface area contributed by atoms with Gasteiger partial charge in [-0.25, -0.2) is 8.78 Å². The van der Waals surface area contributed by atoms with Gasteiger partial charge in [-0.05, 0) is 12.1 Å². The number of benzene rings is 1. The van der Waals surface area contributed by atoms with Gasteiger partial charge < -0.3 is 10.3 Å². The van der Waals surface area contributed by atoms with Crippen LogP contribution in [0.4, 0.5) is 8.78 Å². The third-order valence-corrected chi connectivity index (χ3v) is 3.83. The number of hydrogen-bond acceptors (Lipinski definition) is 2. The summed E-state index contributed by atoms with van der Waals surface area (Å²) in [6.07, 6.45) is 0. The van der Waals surface area contributed by atoms with E-state index in [1.54, 1.807) is 0 Å². The van der Waals surface area contributed by atoms with Gasteiger partial charge in [-0.15, -0.1) is 0 Å². The molecule has 102 valence electrons. The Labute approximate surface area is 114 Å². The molecule has 1 aliphatic rings. The lowest BCUT2D eigenvalue weighted by Crippen LogP contribution is -2.43. The molecule has 1 fully saturated rings. The molecule has 3 rings (SSSR count). The zero-order chi connectivity index (χ0) is 13.4. The minimum atomic E-state index is -0.596. The van der Waals surface area contributed by atoms with Crippen LogP contribution >= 0.6 is 11.6 Å². The molecular weight excluding hydrogens is 272 g/mol. The second-order valence-electron chi connectivity index (χ2n) is 4.73. The lowest BCUT2D eigenvalue weighted by molar-refractivity contribution is 0.228. The van der Waals surface area contributed by atoms with Gasteiger partial charge in [-0.1, -0.05) is 11.6 Å². The highest BCUT2D eigenvalue weighted by molar-refractivity contribution is 6.35. The summed E-state index contributed by atoms with van der Waals surface area (Å²) in [5.74, 6) is -1.04. The molecule has 0 saturated carbocycles. The molecule has 3 nitrogen and oxygen atoms in total. The average Bonchev–Trinajstić information content (AvgIpc) is 2.73. The van der Waals surface area contributed by atoms with Crippen LogP contribution < -0.4 is 5.32 Å². The Balaban J connectivity index is 1.96. The predicted octanol–water partition coefficient (Wildman–Crippen LogP) is 2.50. The summed E-state index contributed by atoms with van der Waals surface area (Å²) in [7, 11) is 0. The lowest BCUT2D eigenvalue weighted by Gasteiger charge is -2.26. The van der Waals surface area contributed by atoms with Crippen LogP contribution in [-0.2, 0) is 6.54 Å². The number of hydrogen-bond donors (Lipinski definition) is 2. The predicted molar refractivity (Wildman–Crippen MR) is 71.4 cm³/mol. The molecule has 0 spiro atoms. The second kappa shape index (κ2) is 5.07. The molecule has 0 amide bonds. The third kappa shape index (κ3) is 2.33. The molecule has 0 aliphatic carbocycles. The highest BCUT2D eigenvalue weighted by Gasteiger charge is 2.19. The smallest absolute Gasteiger partial charge is 0.154 e. The summed E-state index contributed by atoms with van der Waals surface area (Å²) in [5.41, 5.74) is 0.999. The van der Waals surface area contributed by atoms with Crippen LogP contribution in [0, 0.1) is 11.6 Å². The molecule has 1 saturated heterocycles. The van der Waals surface area contributed by atoms with Crippen molar-refractivity contribution in [3.8, 4) is 0 Å². The van der Waals surface area contributed by atoms with E-state index in [-0.39, 0.29) is 10.4 Å². The van der Waals surface area contributed by atoms with E-state index in [0.717, 1.165) is 26.2 Å². The number of nitrogens with one attached hydrogen (secondary N) is 2. The molecule has 0 atom stereocenters. The van der Waals surface area contributed by atoms with E-state index in [9.17, 15) is 8.78 Å². The van der Waals surface area contributed by atoms with Gasteiger partial charge in [-0.3, -0.25) is 4.90 Å². The van der Waals surface area contributed by atoms with Gasteiger partial charge in [0.2, 0.25) is 0 Å².